The summed E-state index contributed by atoms with van der Waals surface area (Å²) in [5, 5.41) is 0. The van der Waals surface area contributed by atoms with Crippen molar-refractivity contribution in [1.82, 2.24) is 4.72 Å². The second-order valence-corrected chi connectivity index (χ2v) is 6.26. The SMILES string of the molecule is CCOc1ccc(S(=O)(=O)NC(=O)[C@@H](CC)OC)cc1OCC. The summed E-state index contributed by atoms with van der Waals surface area (Å²) < 4.78 is 42.4. The van der Waals surface area contributed by atoms with Crippen LogP contribution in [0.5, 0.6) is 11.5 Å². The van der Waals surface area contributed by atoms with Gasteiger partial charge in [-0.2, -0.15) is 0 Å². The molecule has 7 nitrogen and oxygen atoms in total. The molecule has 23 heavy (non-hydrogen) atoms. The van der Waals surface area contributed by atoms with Gasteiger partial charge in [-0.3, -0.25) is 4.79 Å². The number of rotatable bonds is 9. The van der Waals surface area contributed by atoms with E-state index in [2.05, 4.69) is 0 Å². The van der Waals surface area contributed by atoms with Crippen LogP contribution in [0.1, 0.15) is 27.2 Å². The second-order valence-electron chi connectivity index (χ2n) is 4.58. The van der Waals surface area contributed by atoms with Crippen molar-refractivity contribution in [3.05, 3.63) is 18.2 Å². The lowest BCUT2D eigenvalue weighted by Crippen LogP contribution is -2.39. The zero-order valence-electron chi connectivity index (χ0n) is 13.8. The molecule has 0 saturated heterocycles. The quantitative estimate of drug-likeness (QED) is 0.733. The van der Waals surface area contributed by atoms with Crippen LogP contribution in [0.4, 0.5) is 0 Å². The molecule has 0 aromatic heterocycles. The second kappa shape index (κ2) is 8.73. The van der Waals surface area contributed by atoms with Gasteiger partial charge in [0.1, 0.15) is 6.10 Å². The zero-order valence-corrected chi connectivity index (χ0v) is 14.6. The molecule has 0 heterocycles. The summed E-state index contributed by atoms with van der Waals surface area (Å²) in [7, 11) is -2.66. The number of benzene rings is 1. The van der Waals surface area contributed by atoms with E-state index in [9.17, 15) is 13.2 Å². The Morgan fingerprint density at radius 3 is 2.26 bits per heavy atom. The summed E-state index contributed by atoms with van der Waals surface area (Å²) >= 11 is 0. The van der Waals surface area contributed by atoms with Crippen molar-refractivity contribution < 1.29 is 27.4 Å². The van der Waals surface area contributed by atoms with Crippen molar-refractivity contribution in [1.29, 1.82) is 0 Å². The summed E-state index contributed by atoms with van der Waals surface area (Å²) in [6, 6.07) is 4.19. The van der Waals surface area contributed by atoms with E-state index < -0.39 is 22.0 Å². The summed E-state index contributed by atoms with van der Waals surface area (Å²) in [5.41, 5.74) is 0. The van der Waals surface area contributed by atoms with Crippen LogP contribution in [-0.4, -0.2) is 40.8 Å². The predicted octanol–water partition coefficient (Wildman–Crippen LogP) is 1.71. The average molecular weight is 345 g/mol. The number of hydrogen-bond acceptors (Lipinski definition) is 6. The first kappa shape index (κ1) is 19.2. The number of nitrogens with one attached hydrogen (secondary N) is 1. The van der Waals surface area contributed by atoms with Crippen molar-refractivity contribution in [2.24, 2.45) is 0 Å². The molecule has 1 N–H and O–H groups in total. The molecule has 0 unspecified atom stereocenters. The topological polar surface area (TPSA) is 90.9 Å². The summed E-state index contributed by atoms with van der Waals surface area (Å²) in [6.45, 7) is 6.11. The molecular weight excluding hydrogens is 322 g/mol. The zero-order chi connectivity index (χ0) is 17.5. The first-order valence-electron chi connectivity index (χ1n) is 7.38. The number of sulfonamides is 1. The van der Waals surface area contributed by atoms with Crippen molar-refractivity contribution >= 4 is 15.9 Å². The molecule has 1 amide bonds. The number of hydrogen-bond donors (Lipinski definition) is 1. The minimum Gasteiger partial charge on any atom is -0.490 e. The Morgan fingerprint density at radius 1 is 1.13 bits per heavy atom. The lowest BCUT2D eigenvalue weighted by molar-refractivity contribution is -0.129. The Bertz CT molecular complexity index is 625. The van der Waals surface area contributed by atoms with E-state index in [1.54, 1.807) is 13.8 Å². The minimum absolute atomic E-state index is 0.0799. The van der Waals surface area contributed by atoms with E-state index in [-0.39, 0.29) is 4.90 Å². The third kappa shape index (κ3) is 5.11. The lowest BCUT2D eigenvalue weighted by atomic mass is 10.3. The van der Waals surface area contributed by atoms with Gasteiger partial charge in [-0.1, -0.05) is 6.92 Å². The Morgan fingerprint density at radius 2 is 1.74 bits per heavy atom. The largest absolute Gasteiger partial charge is 0.490 e. The normalized spacial score (nSPS) is 12.5. The molecule has 1 rings (SSSR count). The van der Waals surface area contributed by atoms with Gasteiger partial charge in [0.2, 0.25) is 0 Å². The van der Waals surface area contributed by atoms with Gasteiger partial charge < -0.3 is 14.2 Å². The Labute approximate surface area is 137 Å². The van der Waals surface area contributed by atoms with Gasteiger partial charge in [0, 0.05) is 13.2 Å². The highest BCUT2D eigenvalue weighted by Gasteiger charge is 2.24. The summed E-state index contributed by atoms with van der Waals surface area (Å²) in [6.07, 6.45) is -0.454. The fourth-order valence-corrected chi connectivity index (χ4v) is 2.94. The highest BCUT2D eigenvalue weighted by Crippen LogP contribution is 2.30. The molecule has 0 radical (unpaired) electrons. The molecule has 8 heteroatoms. The van der Waals surface area contributed by atoms with Gasteiger partial charge in [0.25, 0.3) is 15.9 Å². The van der Waals surface area contributed by atoms with Crippen molar-refractivity contribution in [3.63, 3.8) is 0 Å². The van der Waals surface area contributed by atoms with Crippen molar-refractivity contribution in [2.45, 2.75) is 38.2 Å². The Balaban J connectivity index is 3.08. The van der Waals surface area contributed by atoms with E-state index in [1.807, 2.05) is 11.6 Å². The standard InChI is InChI=1S/C15H23NO6S/c1-5-12(20-4)15(17)16-23(18,19)11-8-9-13(21-6-2)14(10-11)22-7-3/h8-10,12H,5-7H2,1-4H3,(H,16,17)/t12-/m1/s1. The van der Waals surface area contributed by atoms with Crippen LogP contribution < -0.4 is 14.2 Å². The fraction of sp³-hybridized carbons (Fsp3) is 0.533. The van der Waals surface area contributed by atoms with E-state index in [0.717, 1.165) is 0 Å². The highest BCUT2D eigenvalue weighted by atomic mass is 32.2. The summed E-state index contributed by atoms with van der Waals surface area (Å²) in [4.78, 5) is 11.8. The predicted molar refractivity (Wildman–Crippen MR) is 85.2 cm³/mol. The van der Waals surface area contributed by atoms with Crippen LogP contribution in [0.25, 0.3) is 0 Å². The van der Waals surface area contributed by atoms with E-state index >= 15 is 0 Å². The molecule has 0 aliphatic rings. The maximum absolute atomic E-state index is 12.3. The van der Waals surface area contributed by atoms with E-state index in [1.165, 1.54) is 25.3 Å². The molecule has 0 bridgehead atoms. The molecule has 0 aliphatic heterocycles. The van der Waals surface area contributed by atoms with Gasteiger partial charge in [0.15, 0.2) is 11.5 Å². The smallest absolute Gasteiger partial charge is 0.264 e. The first-order valence-corrected chi connectivity index (χ1v) is 8.86. The number of ether oxygens (including phenoxy) is 3. The summed E-state index contributed by atoms with van der Waals surface area (Å²) in [5.74, 6) is 0.0493. The molecule has 0 saturated carbocycles. The number of amides is 1. The fourth-order valence-electron chi connectivity index (χ4n) is 1.91. The van der Waals surface area contributed by atoms with Gasteiger partial charge in [-0.25, -0.2) is 13.1 Å². The minimum atomic E-state index is -4.01. The molecule has 1 atom stereocenters. The lowest BCUT2D eigenvalue weighted by Gasteiger charge is -2.15. The maximum Gasteiger partial charge on any atom is 0.264 e. The van der Waals surface area contributed by atoms with Gasteiger partial charge in [0.05, 0.1) is 18.1 Å². The molecule has 1 aromatic carbocycles. The molecular formula is C15H23NO6S. The van der Waals surface area contributed by atoms with Gasteiger partial charge in [-0.05, 0) is 32.4 Å². The third-order valence-corrected chi connectivity index (χ3v) is 4.35. The van der Waals surface area contributed by atoms with Crippen LogP contribution in [0.2, 0.25) is 0 Å². The van der Waals surface area contributed by atoms with Crippen LogP contribution in [0.3, 0.4) is 0 Å². The van der Waals surface area contributed by atoms with E-state index in [4.69, 9.17) is 14.2 Å². The van der Waals surface area contributed by atoms with Gasteiger partial charge in [-0.15, -0.1) is 0 Å². The highest BCUT2D eigenvalue weighted by molar-refractivity contribution is 7.90. The average Bonchev–Trinajstić information content (AvgIpc) is 2.50. The number of carbonyl (C=O) groups excluding carboxylic acids is 1. The molecule has 1 aromatic rings. The molecule has 0 aliphatic carbocycles. The Hall–Kier alpha value is -1.80. The van der Waals surface area contributed by atoms with Crippen LogP contribution in [0, 0.1) is 0 Å². The third-order valence-electron chi connectivity index (χ3n) is 3.01. The Kier molecular flexibility index (Phi) is 7.31. The van der Waals surface area contributed by atoms with Gasteiger partial charge >= 0.3 is 0 Å². The van der Waals surface area contributed by atoms with Crippen molar-refractivity contribution in [3.8, 4) is 11.5 Å². The van der Waals surface area contributed by atoms with Crippen LogP contribution in [0.15, 0.2) is 23.1 Å². The first-order chi connectivity index (χ1) is 10.9. The maximum atomic E-state index is 12.3. The molecule has 0 fully saturated rings. The number of methoxy groups -OCH3 is 1. The number of carbonyl (C=O) groups is 1. The van der Waals surface area contributed by atoms with Crippen LogP contribution in [-0.2, 0) is 19.6 Å². The van der Waals surface area contributed by atoms with Crippen LogP contribution >= 0.6 is 0 Å². The monoisotopic (exact) mass is 345 g/mol. The van der Waals surface area contributed by atoms with Crippen molar-refractivity contribution in [2.75, 3.05) is 20.3 Å². The molecule has 130 valence electrons. The molecule has 0 spiro atoms. The van der Waals surface area contributed by atoms with E-state index in [0.29, 0.717) is 31.1 Å².